The molecule has 0 saturated carbocycles. The number of benzene rings is 2. The molecule has 28 heavy (non-hydrogen) atoms. The highest BCUT2D eigenvalue weighted by Gasteiger charge is 2.42. The lowest BCUT2D eigenvalue weighted by Gasteiger charge is -2.37. The number of rotatable bonds is 3. The number of nitrogens with one attached hydrogen (secondary N) is 2. The Bertz CT molecular complexity index is 866. The fourth-order valence-corrected chi connectivity index (χ4v) is 4.32. The Balaban J connectivity index is 0.00000225. The molecule has 0 aromatic heterocycles. The van der Waals surface area contributed by atoms with Gasteiger partial charge in [-0.3, -0.25) is 4.79 Å². The number of carbonyl (C=O) groups is 1. The summed E-state index contributed by atoms with van der Waals surface area (Å²) in [7, 11) is 0. The first-order valence-corrected chi connectivity index (χ1v) is 9.58. The van der Waals surface area contributed by atoms with Gasteiger partial charge in [-0.15, -0.1) is 12.4 Å². The summed E-state index contributed by atoms with van der Waals surface area (Å²) in [5.41, 5.74) is 3.35. The standard InChI is InChI=1S/C22H25FN2O2.ClH/c1-15-4-2-3-5-18(15)22(9-12-27-13-10-22)21(26)25-19-7-6-16-14-24-11-8-17(16)20(19)23;/h2-7,24H,8-14H2,1H3,(H,25,26);1H. The van der Waals surface area contributed by atoms with Crippen LogP contribution in [0.5, 0.6) is 0 Å². The Labute approximate surface area is 171 Å². The summed E-state index contributed by atoms with van der Waals surface area (Å²) >= 11 is 0. The second-order valence-electron chi connectivity index (χ2n) is 7.46. The first-order chi connectivity index (χ1) is 13.1. The van der Waals surface area contributed by atoms with Crippen LogP contribution in [0.4, 0.5) is 10.1 Å². The highest BCUT2D eigenvalue weighted by Crippen LogP contribution is 2.38. The number of ether oxygens (including phenoxy) is 1. The predicted octanol–water partition coefficient (Wildman–Crippen LogP) is 3.89. The minimum atomic E-state index is -0.687. The van der Waals surface area contributed by atoms with Gasteiger partial charge in [-0.2, -0.15) is 0 Å². The number of aryl methyl sites for hydroxylation is 1. The molecule has 0 unspecified atom stereocenters. The molecule has 2 N–H and O–H groups in total. The number of hydrogen-bond donors (Lipinski definition) is 2. The molecule has 4 nitrogen and oxygen atoms in total. The largest absolute Gasteiger partial charge is 0.381 e. The lowest BCUT2D eigenvalue weighted by molar-refractivity contribution is -0.125. The second kappa shape index (κ2) is 8.60. The van der Waals surface area contributed by atoms with Crippen molar-refractivity contribution < 1.29 is 13.9 Å². The normalized spacial score (nSPS) is 17.9. The molecule has 150 valence electrons. The minimum absolute atomic E-state index is 0. The fraction of sp³-hybridized carbons (Fsp3) is 0.409. The molecule has 4 rings (SSSR count). The third kappa shape index (κ3) is 3.66. The molecule has 1 fully saturated rings. The van der Waals surface area contributed by atoms with Crippen molar-refractivity contribution >= 4 is 24.0 Å². The molecule has 0 spiro atoms. The van der Waals surface area contributed by atoms with Crippen molar-refractivity contribution in [3.05, 3.63) is 64.5 Å². The van der Waals surface area contributed by atoms with E-state index in [1.807, 2.05) is 37.3 Å². The van der Waals surface area contributed by atoms with Gasteiger partial charge < -0.3 is 15.4 Å². The van der Waals surface area contributed by atoms with Gasteiger partial charge in [0.15, 0.2) is 0 Å². The van der Waals surface area contributed by atoms with E-state index in [0.717, 1.165) is 23.2 Å². The molecule has 0 bridgehead atoms. The number of carbonyl (C=O) groups excluding carboxylic acids is 1. The number of fused-ring (bicyclic) bond motifs is 1. The molecule has 1 amide bonds. The molecule has 0 atom stereocenters. The summed E-state index contributed by atoms with van der Waals surface area (Å²) in [5, 5.41) is 6.15. The lowest BCUT2D eigenvalue weighted by Crippen LogP contribution is -2.45. The summed E-state index contributed by atoms with van der Waals surface area (Å²) in [5.74, 6) is -0.442. The summed E-state index contributed by atoms with van der Waals surface area (Å²) in [6.07, 6.45) is 1.84. The Morgan fingerprint density at radius 2 is 1.93 bits per heavy atom. The lowest BCUT2D eigenvalue weighted by atomic mass is 9.71. The Kier molecular flexibility index (Phi) is 6.38. The highest BCUT2D eigenvalue weighted by atomic mass is 35.5. The van der Waals surface area contributed by atoms with E-state index in [9.17, 15) is 4.79 Å². The maximum atomic E-state index is 15.0. The van der Waals surface area contributed by atoms with Gasteiger partial charge in [0.2, 0.25) is 5.91 Å². The molecule has 2 aliphatic heterocycles. The molecular formula is C22H26ClFN2O2. The average molecular weight is 405 g/mol. The van der Waals surface area contributed by atoms with Crippen molar-refractivity contribution in [1.29, 1.82) is 0 Å². The van der Waals surface area contributed by atoms with Gasteiger partial charge in [-0.25, -0.2) is 4.39 Å². The van der Waals surface area contributed by atoms with Crippen molar-refractivity contribution in [2.75, 3.05) is 25.1 Å². The SMILES string of the molecule is Cc1ccccc1C1(C(=O)Nc2ccc3c(c2F)CCNC3)CCOCC1.Cl. The zero-order valence-electron chi connectivity index (χ0n) is 16.0. The molecule has 0 aliphatic carbocycles. The van der Waals surface area contributed by atoms with Crippen LogP contribution in [0.15, 0.2) is 36.4 Å². The van der Waals surface area contributed by atoms with E-state index in [-0.39, 0.29) is 29.8 Å². The Hall–Kier alpha value is -1.95. The van der Waals surface area contributed by atoms with Crippen LogP contribution in [-0.2, 0) is 27.9 Å². The number of amides is 1. The summed E-state index contributed by atoms with van der Waals surface area (Å²) in [6, 6.07) is 11.6. The Morgan fingerprint density at radius 3 is 2.68 bits per heavy atom. The number of anilines is 1. The molecule has 2 aliphatic rings. The van der Waals surface area contributed by atoms with Crippen molar-refractivity contribution in [3.63, 3.8) is 0 Å². The predicted molar refractivity (Wildman–Crippen MR) is 111 cm³/mol. The van der Waals surface area contributed by atoms with Crippen LogP contribution in [0.3, 0.4) is 0 Å². The molecule has 2 aromatic rings. The van der Waals surface area contributed by atoms with Gasteiger partial charge in [0.1, 0.15) is 5.82 Å². The van der Waals surface area contributed by atoms with Crippen LogP contribution in [0.1, 0.15) is 35.1 Å². The number of hydrogen-bond acceptors (Lipinski definition) is 3. The van der Waals surface area contributed by atoms with E-state index < -0.39 is 5.41 Å². The van der Waals surface area contributed by atoms with Gasteiger partial charge in [0, 0.05) is 19.8 Å². The van der Waals surface area contributed by atoms with E-state index in [0.29, 0.717) is 44.6 Å². The van der Waals surface area contributed by atoms with Crippen molar-refractivity contribution in [3.8, 4) is 0 Å². The van der Waals surface area contributed by atoms with Crippen molar-refractivity contribution in [2.24, 2.45) is 0 Å². The minimum Gasteiger partial charge on any atom is -0.381 e. The third-order valence-electron chi connectivity index (χ3n) is 5.90. The zero-order chi connectivity index (χ0) is 18.9. The molecule has 6 heteroatoms. The third-order valence-corrected chi connectivity index (χ3v) is 5.90. The first-order valence-electron chi connectivity index (χ1n) is 9.58. The monoisotopic (exact) mass is 404 g/mol. The van der Waals surface area contributed by atoms with Crippen molar-refractivity contribution in [2.45, 2.75) is 38.1 Å². The second-order valence-corrected chi connectivity index (χ2v) is 7.46. The van der Waals surface area contributed by atoms with E-state index in [2.05, 4.69) is 10.6 Å². The van der Waals surface area contributed by atoms with Crippen LogP contribution >= 0.6 is 12.4 Å². The summed E-state index contributed by atoms with van der Waals surface area (Å²) in [6.45, 7) is 4.50. The molecule has 2 aromatic carbocycles. The summed E-state index contributed by atoms with van der Waals surface area (Å²) in [4.78, 5) is 13.4. The van der Waals surface area contributed by atoms with E-state index in [4.69, 9.17) is 4.74 Å². The highest BCUT2D eigenvalue weighted by molar-refractivity contribution is 5.99. The molecular weight excluding hydrogens is 379 g/mol. The van der Waals surface area contributed by atoms with Crippen LogP contribution in [0.25, 0.3) is 0 Å². The maximum Gasteiger partial charge on any atom is 0.235 e. The first kappa shape index (κ1) is 20.8. The van der Waals surface area contributed by atoms with Crippen molar-refractivity contribution in [1.82, 2.24) is 5.32 Å². The average Bonchev–Trinajstić information content (AvgIpc) is 2.71. The maximum absolute atomic E-state index is 15.0. The fourth-order valence-electron chi connectivity index (χ4n) is 4.32. The molecule has 0 radical (unpaired) electrons. The zero-order valence-corrected chi connectivity index (χ0v) is 16.8. The topological polar surface area (TPSA) is 50.4 Å². The van der Waals surface area contributed by atoms with E-state index in [1.165, 1.54) is 0 Å². The van der Waals surface area contributed by atoms with E-state index >= 15 is 4.39 Å². The van der Waals surface area contributed by atoms with Gasteiger partial charge in [0.25, 0.3) is 0 Å². The van der Waals surface area contributed by atoms with Gasteiger partial charge in [0.05, 0.1) is 11.1 Å². The van der Waals surface area contributed by atoms with Gasteiger partial charge in [-0.1, -0.05) is 30.3 Å². The van der Waals surface area contributed by atoms with Gasteiger partial charge >= 0.3 is 0 Å². The van der Waals surface area contributed by atoms with Crippen LogP contribution in [0.2, 0.25) is 0 Å². The Morgan fingerprint density at radius 1 is 1.18 bits per heavy atom. The molecule has 2 heterocycles. The van der Waals surface area contributed by atoms with Crippen LogP contribution < -0.4 is 10.6 Å². The van der Waals surface area contributed by atoms with E-state index in [1.54, 1.807) is 6.07 Å². The van der Waals surface area contributed by atoms with Crippen LogP contribution in [-0.4, -0.2) is 25.7 Å². The smallest absolute Gasteiger partial charge is 0.235 e. The molecule has 1 saturated heterocycles. The van der Waals surface area contributed by atoms with Crippen LogP contribution in [0, 0.1) is 12.7 Å². The summed E-state index contributed by atoms with van der Waals surface area (Å²) < 4.78 is 20.5. The van der Waals surface area contributed by atoms with Gasteiger partial charge in [-0.05, 0) is 61.1 Å². The number of halogens is 2. The quantitative estimate of drug-likeness (QED) is 0.816.